The van der Waals surface area contributed by atoms with Gasteiger partial charge in [-0.3, -0.25) is 9.78 Å². The van der Waals surface area contributed by atoms with E-state index in [1.807, 2.05) is 19.9 Å². The molecule has 1 aromatic rings. The summed E-state index contributed by atoms with van der Waals surface area (Å²) < 4.78 is 0. The number of aliphatic carboxylic acids is 1. The Morgan fingerprint density at radius 2 is 2.10 bits per heavy atom. The summed E-state index contributed by atoms with van der Waals surface area (Å²) in [5.74, 6) is -0.657. The van der Waals surface area contributed by atoms with Crippen molar-refractivity contribution in [2.75, 3.05) is 0 Å². The van der Waals surface area contributed by atoms with Crippen LogP contribution in [0.25, 0.3) is 0 Å². The van der Waals surface area contributed by atoms with Crippen molar-refractivity contribution in [3.05, 3.63) is 29.6 Å². The molecule has 20 heavy (non-hydrogen) atoms. The van der Waals surface area contributed by atoms with Gasteiger partial charge >= 0.3 is 5.97 Å². The number of nitrogens with zero attached hydrogens (tertiary/aromatic N) is 1. The Balaban J connectivity index is 2.00. The molecule has 0 radical (unpaired) electrons. The summed E-state index contributed by atoms with van der Waals surface area (Å²) in [5, 5.41) is 11.6. The zero-order valence-electron chi connectivity index (χ0n) is 11.8. The number of carboxylic acids is 1. The maximum atomic E-state index is 12.0. The highest BCUT2D eigenvalue weighted by molar-refractivity contribution is 5.94. The van der Waals surface area contributed by atoms with E-state index in [0.717, 1.165) is 5.56 Å². The second-order valence-corrected chi connectivity index (χ2v) is 5.74. The third-order valence-corrected chi connectivity index (χ3v) is 3.38. The van der Waals surface area contributed by atoms with Gasteiger partial charge in [-0.05, 0) is 42.7 Å². The van der Waals surface area contributed by atoms with Crippen LogP contribution >= 0.6 is 0 Å². The minimum Gasteiger partial charge on any atom is -0.480 e. The predicted molar refractivity (Wildman–Crippen MR) is 74.6 cm³/mol. The Morgan fingerprint density at radius 3 is 2.55 bits per heavy atom. The van der Waals surface area contributed by atoms with E-state index in [1.165, 1.54) is 12.8 Å². The van der Waals surface area contributed by atoms with E-state index in [9.17, 15) is 9.59 Å². The van der Waals surface area contributed by atoms with Gasteiger partial charge in [-0.1, -0.05) is 19.9 Å². The molecule has 1 saturated carbocycles. The molecule has 0 bridgehead atoms. The molecule has 2 rings (SSSR count). The van der Waals surface area contributed by atoms with E-state index in [0.29, 0.717) is 12.3 Å². The van der Waals surface area contributed by atoms with Crippen LogP contribution in [0.4, 0.5) is 0 Å². The lowest BCUT2D eigenvalue weighted by molar-refractivity contribution is -0.139. The van der Waals surface area contributed by atoms with Gasteiger partial charge in [0.2, 0.25) is 0 Å². The van der Waals surface area contributed by atoms with Crippen LogP contribution in [0.1, 0.15) is 55.1 Å². The number of carbonyl (C=O) groups excluding carboxylic acids is 1. The first kappa shape index (κ1) is 14.5. The first-order valence-corrected chi connectivity index (χ1v) is 6.97. The van der Waals surface area contributed by atoms with Crippen molar-refractivity contribution in [1.82, 2.24) is 10.3 Å². The monoisotopic (exact) mass is 276 g/mol. The molecule has 108 valence electrons. The van der Waals surface area contributed by atoms with Crippen LogP contribution in [0.3, 0.4) is 0 Å². The zero-order chi connectivity index (χ0) is 14.7. The fourth-order valence-electron chi connectivity index (χ4n) is 2.12. The van der Waals surface area contributed by atoms with Crippen LogP contribution in [-0.4, -0.2) is 28.0 Å². The third-order valence-electron chi connectivity index (χ3n) is 3.38. The lowest BCUT2D eigenvalue weighted by Crippen LogP contribution is -2.41. The molecular weight excluding hydrogens is 256 g/mol. The predicted octanol–water partition coefficient (Wildman–Crippen LogP) is 2.19. The second kappa shape index (κ2) is 6.03. The molecule has 0 saturated heterocycles. The summed E-state index contributed by atoms with van der Waals surface area (Å²) in [5.41, 5.74) is 1.42. The van der Waals surface area contributed by atoms with Gasteiger partial charge in [0.1, 0.15) is 11.7 Å². The van der Waals surface area contributed by atoms with Gasteiger partial charge in [-0.25, -0.2) is 4.79 Å². The van der Waals surface area contributed by atoms with Crippen molar-refractivity contribution >= 4 is 11.9 Å². The minimum absolute atomic E-state index is 0.196. The number of aromatic nitrogens is 1. The van der Waals surface area contributed by atoms with Crippen molar-refractivity contribution in [1.29, 1.82) is 0 Å². The average Bonchev–Trinajstić information content (AvgIpc) is 3.21. The van der Waals surface area contributed by atoms with Crippen molar-refractivity contribution in [2.45, 2.75) is 45.1 Å². The molecule has 5 nitrogen and oxygen atoms in total. The number of amides is 1. The van der Waals surface area contributed by atoms with E-state index in [1.54, 1.807) is 12.3 Å². The maximum absolute atomic E-state index is 12.0. The van der Waals surface area contributed by atoms with Crippen LogP contribution < -0.4 is 5.32 Å². The van der Waals surface area contributed by atoms with Gasteiger partial charge in [-0.2, -0.15) is 0 Å². The Labute approximate surface area is 118 Å². The highest BCUT2D eigenvalue weighted by atomic mass is 16.4. The molecule has 1 atom stereocenters. The van der Waals surface area contributed by atoms with E-state index in [2.05, 4.69) is 10.3 Å². The number of nitrogens with one attached hydrogen (secondary N) is 1. The highest BCUT2D eigenvalue weighted by Crippen LogP contribution is 2.39. The molecule has 2 N–H and O–H groups in total. The summed E-state index contributed by atoms with van der Waals surface area (Å²) >= 11 is 0. The van der Waals surface area contributed by atoms with Gasteiger partial charge in [0.05, 0.1) is 0 Å². The van der Waals surface area contributed by atoms with Crippen molar-refractivity contribution in [2.24, 2.45) is 5.92 Å². The van der Waals surface area contributed by atoms with Gasteiger partial charge in [0, 0.05) is 6.20 Å². The molecule has 1 aromatic heterocycles. The summed E-state index contributed by atoms with van der Waals surface area (Å²) in [4.78, 5) is 27.2. The Hall–Kier alpha value is -1.91. The number of pyridine rings is 1. The number of rotatable bonds is 6. The fourth-order valence-corrected chi connectivity index (χ4v) is 2.12. The molecule has 0 aliphatic heterocycles. The lowest BCUT2D eigenvalue weighted by atomic mass is 10.0. The molecule has 5 heteroatoms. The van der Waals surface area contributed by atoms with Crippen molar-refractivity contribution < 1.29 is 14.7 Å². The van der Waals surface area contributed by atoms with Gasteiger partial charge in [0.15, 0.2) is 0 Å². The highest BCUT2D eigenvalue weighted by Gasteiger charge is 2.25. The summed E-state index contributed by atoms with van der Waals surface area (Å²) in [6.45, 7) is 3.84. The number of hydrogen-bond acceptors (Lipinski definition) is 3. The number of carboxylic acid groups (broad SMARTS) is 1. The van der Waals surface area contributed by atoms with Crippen LogP contribution in [-0.2, 0) is 4.79 Å². The Kier molecular flexibility index (Phi) is 4.37. The molecular formula is C15H20N2O3. The normalized spacial score (nSPS) is 15.9. The Morgan fingerprint density at radius 1 is 1.40 bits per heavy atom. The number of hydrogen-bond donors (Lipinski definition) is 2. The summed E-state index contributed by atoms with van der Waals surface area (Å²) in [7, 11) is 0. The molecule has 0 unspecified atom stereocenters. The molecule has 1 aliphatic carbocycles. The largest absolute Gasteiger partial charge is 0.480 e. The van der Waals surface area contributed by atoms with Crippen LogP contribution in [0.2, 0.25) is 0 Å². The van der Waals surface area contributed by atoms with Gasteiger partial charge in [-0.15, -0.1) is 0 Å². The Bertz CT molecular complexity index is 492. The molecule has 1 aliphatic rings. The quantitative estimate of drug-likeness (QED) is 0.834. The minimum atomic E-state index is -1.01. The average molecular weight is 276 g/mol. The topological polar surface area (TPSA) is 79.3 Å². The van der Waals surface area contributed by atoms with E-state index in [-0.39, 0.29) is 11.6 Å². The van der Waals surface area contributed by atoms with Gasteiger partial charge in [0.25, 0.3) is 5.91 Å². The van der Waals surface area contributed by atoms with E-state index >= 15 is 0 Å². The third kappa shape index (κ3) is 3.79. The van der Waals surface area contributed by atoms with Gasteiger partial charge < -0.3 is 10.4 Å². The SMILES string of the molecule is CC(C)C[C@H](NC(=O)c1ccc(C2CC2)cn1)C(=O)O. The van der Waals surface area contributed by atoms with E-state index < -0.39 is 17.9 Å². The first-order valence-electron chi connectivity index (χ1n) is 6.97. The maximum Gasteiger partial charge on any atom is 0.326 e. The molecule has 0 spiro atoms. The molecule has 1 heterocycles. The zero-order valence-corrected chi connectivity index (χ0v) is 11.8. The lowest BCUT2D eigenvalue weighted by Gasteiger charge is -2.16. The fraction of sp³-hybridized carbons (Fsp3) is 0.533. The van der Waals surface area contributed by atoms with Crippen molar-refractivity contribution in [3.63, 3.8) is 0 Å². The van der Waals surface area contributed by atoms with Crippen LogP contribution in [0.5, 0.6) is 0 Å². The smallest absolute Gasteiger partial charge is 0.326 e. The van der Waals surface area contributed by atoms with E-state index in [4.69, 9.17) is 5.11 Å². The summed E-state index contributed by atoms with van der Waals surface area (Å²) in [6, 6.07) is 2.70. The first-order chi connectivity index (χ1) is 9.47. The molecule has 1 amide bonds. The summed E-state index contributed by atoms with van der Waals surface area (Å²) in [6.07, 6.45) is 4.48. The molecule has 0 aromatic carbocycles. The second-order valence-electron chi connectivity index (χ2n) is 5.74. The number of carbonyl (C=O) groups is 2. The van der Waals surface area contributed by atoms with Crippen molar-refractivity contribution in [3.8, 4) is 0 Å². The van der Waals surface area contributed by atoms with Crippen LogP contribution in [0.15, 0.2) is 18.3 Å². The van der Waals surface area contributed by atoms with Crippen LogP contribution in [0, 0.1) is 5.92 Å². The standard InChI is InChI=1S/C15H20N2O3/c1-9(2)7-13(15(19)20)17-14(18)12-6-5-11(8-16-12)10-3-4-10/h5-6,8-10,13H,3-4,7H2,1-2H3,(H,17,18)(H,19,20)/t13-/m0/s1. The molecule has 1 fully saturated rings.